The molecule has 3 rings (SSSR count). The second-order valence-corrected chi connectivity index (χ2v) is 3.91. The molecule has 0 aliphatic heterocycles. The number of hydrogen-bond donors (Lipinski definition) is 2. The number of fused-ring (bicyclic) bond motifs is 2. The second-order valence-electron chi connectivity index (χ2n) is 3.91. The molecule has 0 aliphatic rings. The van der Waals surface area contributed by atoms with E-state index in [-0.39, 0.29) is 11.3 Å². The SMILES string of the molecule is Nc1ccc2nc3ccccc3nc2c1C(=O)O. The van der Waals surface area contributed by atoms with E-state index in [0.717, 1.165) is 5.52 Å². The maximum absolute atomic E-state index is 11.2. The monoisotopic (exact) mass is 239 g/mol. The van der Waals surface area contributed by atoms with E-state index in [4.69, 9.17) is 5.73 Å². The molecule has 0 fully saturated rings. The molecule has 1 heterocycles. The summed E-state index contributed by atoms with van der Waals surface area (Å²) < 4.78 is 0. The molecule has 0 saturated heterocycles. The van der Waals surface area contributed by atoms with Crippen LogP contribution in [0.1, 0.15) is 10.4 Å². The van der Waals surface area contributed by atoms with Crippen LogP contribution in [0.2, 0.25) is 0 Å². The number of nitrogens with two attached hydrogens (primary N) is 1. The lowest BCUT2D eigenvalue weighted by molar-refractivity contribution is 0.0700. The Morgan fingerprint density at radius 3 is 2.33 bits per heavy atom. The van der Waals surface area contributed by atoms with E-state index in [9.17, 15) is 9.90 Å². The molecule has 0 atom stereocenters. The van der Waals surface area contributed by atoms with Gasteiger partial charge in [0.25, 0.3) is 0 Å². The van der Waals surface area contributed by atoms with Crippen molar-refractivity contribution in [2.75, 3.05) is 5.73 Å². The molecular formula is C13H9N3O2. The molecule has 0 saturated carbocycles. The maximum Gasteiger partial charge on any atom is 0.340 e. The van der Waals surface area contributed by atoms with Crippen LogP contribution in [-0.2, 0) is 0 Å². The summed E-state index contributed by atoms with van der Waals surface area (Å²) in [5, 5.41) is 9.19. The Hall–Kier alpha value is -2.69. The summed E-state index contributed by atoms with van der Waals surface area (Å²) in [4.78, 5) is 19.9. The van der Waals surface area contributed by atoms with Gasteiger partial charge < -0.3 is 10.8 Å². The second kappa shape index (κ2) is 3.66. The van der Waals surface area contributed by atoms with Crippen LogP contribution in [0, 0.1) is 0 Å². The van der Waals surface area contributed by atoms with Gasteiger partial charge in [-0.05, 0) is 24.3 Å². The number of hydrogen-bond acceptors (Lipinski definition) is 4. The number of benzene rings is 2. The van der Waals surface area contributed by atoms with Crippen LogP contribution in [0.4, 0.5) is 5.69 Å². The van der Waals surface area contributed by atoms with Crippen molar-refractivity contribution >= 4 is 33.7 Å². The highest BCUT2D eigenvalue weighted by molar-refractivity contribution is 6.07. The van der Waals surface area contributed by atoms with Crippen molar-refractivity contribution in [3.05, 3.63) is 42.0 Å². The Balaban J connectivity index is 2.50. The zero-order chi connectivity index (χ0) is 12.7. The van der Waals surface area contributed by atoms with E-state index < -0.39 is 5.97 Å². The molecule has 5 heteroatoms. The number of rotatable bonds is 1. The molecule has 0 spiro atoms. The highest BCUT2D eigenvalue weighted by Gasteiger charge is 2.15. The minimum absolute atomic E-state index is 0.00533. The minimum atomic E-state index is -1.09. The predicted octanol–water partition coefficient (Wildman–Crippen LogP) is 2.06. The zero-order valence-electron chi connectivity index (χ0n) is 9.29. The Morgan fingerprint density at radius 2 is 1.67 bits per heavy atom. The van der Waals surface area contributed by atoms with Crippen LogP contribution in [0.25, 0.3) is 22.1 Å². The standard InChI is InChI=1S/C13H9N3O2/c14-7-5-6-10-12(11(7)13(17)18)16-9-4-2-1-3-8(9)15-10/h1-6H,14H2,(H,17,18). The Kier molecular flexibility index (Phi) is 2.13. The summed E-state index contributed by atoms with van der Waals surface area (Å²) in [6.45, 7) is 0. The summed E-state index contributed by atoms with van der Waals surface area (Å²) in [6, 6.07) is 10.5. The molecule has 88 valence electrons. The van der Waals surface area contributed by atoms with Gasteiger partial charge in [0.05, 0.1) is 16.6 Å². The van der Waals surface area contributed by atoms with Crippen molar-refractivity contribution in [1.82, 2.24) is 9.97 Å². The van der Waals surface area contributed by atoms with Crippen LogP contribution < -0.4 is 5.73 Å². The predicted molar refractivity (Wildman–Crippen MR) is 68.4 cm³/mol. The molecule has 0 bridgehead atoms. The lowest BCUT2D eigenvalue weighted by Gasteiger charge is -2.06. The molecule has 18 heavy (non-hydrogen) atoms. The number of nitrogens with zero attached hydrogens (tertiary/aromatic N) is 2. The average molecular weight is 239 g/mol. The summed E-state index contributed by atoms with van der Waals surface area (Å²) in [5.41, 5.74) is 8.11. The Bertz CT molecular complexity index is 784. The molecule has 1 aromatic heterocycles. The lowest BCUT2D eigenvalue weighted by Crippen LogP contribution is -2.05. The molecule has 2 aromatic carbocycles. The number of anilines is 1. The number of aromatic carboxylic acids is 1. The van der Waals surface area contributed by atoms with Gasteiger partial charge in [0.1, 0.15) is 11.1 Å². The largest absolute Gasteiger partial charge is 0.478 e. The third-order valence-electron chi connectivity index (χ3n) is 2.76. The quantitative estimate of drug-likeness (QED) is 0.501. The number of nitrogen functional groups attached to an aromatic ring is 1. The van der Waals surface area contributed by atoms with Crippen molar-refractivity contribution in [2.45, 2.75) is 0 Å². The van der Waals surface area contributed by atoms with Crippen molar-refractivity contribution in [3.63, 3.8) is 0 Å². The first-order valence-corrected chi connectivity index (χ1v) is 5.35. The van der Waals surface area contributed by atoms with Crippen molar-refractivity contribution in [3.8, 4) is 0 Å². The topological polar surface area (TPSA) is 89.1 Å². The van der Waals surface area contributed by atoms with Gasteiger partial charge in [-0.25, -0.2) is 14.8 Å². The summed E-state index contributed by atoms with van der Waals surface area (Å²) >= 11 is 0. The first-order chi connectivity index (χ1) is 8.66. The third-order valence-corrected chi connectivity index (χ3v) is 2.76. The van der Waals surface area contributed by atoms with E-state index in [0.29, 0.717) is 16.6 Å². The minimum Gasteiger partial charge on any atom is -0.478 e. The summed E-state index contributed by atoms with van der Waals surface area (Å²) in [6.07, 6.45) is 0. The van der Waals surface area contributed by atoms with Crippen molar-refractivity contribution in [1.29, 1.82) is 0 Å². The number of carboxylic acids is 1. The summed E-state index contributed by atoms with van der Waals surface area (Å²) in [5.74, 6) is -1.09. The molecule has 3 N–H and O–H groups in total. The Morgan fingerprint density at radius 1 is 1.00 bits per heavy atom. The van der Waals surface area contributed by atoms with E-state index in [2.05, 4.69) is 9.97 Å². The van der Waals surface area contributed by atoms with Gasteiger partial charge in [0, 0.05) is 5.69 Å². The normalized spacial score (nSPS) is 10.9. The lowest BCUT2D eigenvalue weighted by atomic mass is 10.1. The molecule has 3 aromatic rings. The number of para-hydroxylation sites is 2. The van der Waals surface area contributed by atoms with E-state index in [1.54, 1.807) is 12.1 Å². The van der Waals surface area contributed by atoms with Crippen LogP contribution in [0.15, 0.2) is 36.4 Å². The molecule has 0 aliphatic carbocycles. The van der Waals surface area contributed by atoms with E-state index in [1.807, 2.05) is 18.2 Å². The van der Waals surface area contributed by atoms with Crippen LogP contribution in [0.3, 0.4) is 0 Å². The van der Waals surface area contributed by atoms with Gasteiger partial charge in [0.15, 0.2) is 0 Å². The fourth-order valence-electron chi connectivity index (χ4n) is 1.93. The molecule has 0 amide bonds. The van der Waals surface area contributed by atoms with Crippen molar-refractivity contribution in [2.24, 2.45) is 0 Å². The highest BCUT2D eigenvalue weighted by Crippen LogP contribution is 2.23. The third kappa shape index (κ3) is 1.45. The smallest absolute Gasteiger partial charge is 0.340 e. The van der Waals surface area contributed by atoms with Gasteiger partial charge in [-0.3, -0.25) is 0 Å². The van der Waals surface area contributed by atoms with Crippen molar-refractivity contribution < 1.29 is 9.90 Å². The molecular weight excluding hydrogens is 230 g/mol. The number of aromatic nitrogens is 2. The van der Waals surface area contributed by atoms with Crippen LogP contribution in [-0.4, -0.2) is 21.0 Å². The first kappa shape index (κ1) is 10.5. The number of carbonyl (C=O) groups is 1. The van der Waals surface area contributed by atoms with E-state index in [1.165, 1.54) is 6.07 Å². The summed E-state index contributed by atoms with van der Waals surface area (Å²) in [7, 11) is 0. The fraction of sp³-hybridized carbons (Fsp3) is 0. The van der Waals surface area contributed by atoms with Gasteiger partial charge in [-0.15, -0.1) is 0 Å². The average Bonchev–Trinajstić information content (AvgIpc) is 2.36. The first-order valence-electron chi connectivity index (χ1n) is 5.35. The maximum atomic E-state index is 11.2. The van der Waals surface area contributed by atoms with Gasteiger partial charge >= 0.3 is 5.97 Å². The van der Waals surface area contributed by atoms with Gasteiger partial charge in [-0.1, -0.05) is 12.1 Å². The highest BCUT2D eigenvalue weighted by atomic mass is 16.4. The fourth-order valence-corrected chi connectivity index (χ4v) is 1.93. The molecule has 0 radical (unpaired) electrons. The van der Waals surface area contributed by atoms with Crippen LogP contribution in [0.5, 0.6) is 0 Å². The van der Waals surface area contributed by atoms with Crippen LogP contribution >= 0.6 is 0 Å². The molecule has 0 unspecified atom stereocenters. The van der Waals surface area contributed by atoms with E-state index >= 15 is 0 Å². The Labute approximate surface area is 102 Å². The van der Waals surface area contributed by atoms with Gasteiger partial charge in [0.2, 0.25) is 0 Å². The molecule has 5 nitrogen and oxygen atoms in total. The zero-order valence-corrected chi connectivity index (χ0v) is 9.29. The van der Waals surface area contributed by atoms with Gasteiger partial charge in [-0.2, -0.15) is 0 Å². The number of carboxylic acid groups (broad SMARTS) is 1.